The van der Waals surface area contributed by atoms with E-state index in [4.69, 9.17) is 10.00 Å². The number of nitriles is 1. The van der Waals surface area contributed by atoms with Crippen LogP contribution in [0.2, 0.25) is 0 Å². The maximum absolute atomic E-state index is 11.9. The van der Waals surface area contributed by atoms with Crippen molar-refractivity contribution in [2.75, 3.05) is 13.1 Å². The van der Waals surface area contributed by atoms with Crippen LogP contribution in [0.3, 0.4) is 0 Å². The van der Waals surface area contributed by atoms with E-state index in [1.807, 2.05) is 0 Å². The van der Waals surface area contributed by atoms with E-state index in [1.165, 1.54) is 6.42 Å². The van der Waals surface area contributed by atoms with Crippen molar-refractivity contribution in [3.8, 4) is 6.19 Å². The third-order valence-electron chi connectivity index (χ3n) is 4.10. The summed E-state index contributed by atoms with van der Waals surface area (Å²) in [4.78, 5) is 25.3. The van der Waals surface area contributed by atoms with Crippen molar-refractivity contribution in [3.63, 3.8) is 0 Å². The van der Waals surface area contributed by atoms with Gasteiger partial charge in [0, 0.05) is 13.1 Å². The van der Waals surface area contributed by atoms with Crippen molar-refractivity contribution in [1.82, 2.24) is 10.2 Å². The molecule has 2 rings (SSSR count). The van der Waals surface area contributed by atoms with Crippen molar-refractivity contribution in [2.45, 2.75) is 51.0 Å². The summed E-state index contributed by atoms with van der Waals surface area (Å²) in [6, 6.07) is 0. The summed E-state index contributed by atoms with van der Waals surface area (Å²) in [6.07, 6.45) is 7.53. The second kappa shape index (κ2) is 7.13. The molecular formula is C14H21N3O3. The Hall–Kier alpha value is -1.77. The summed E-state index contributed by atoms with van der Waals surface area (Å²) in [5, 5.41) is 10.6. The molecule has 1 saturated carbocycles. The van der Waals surface area contributed by atoms with Crippen LogP contribution < -0.4 is 5.32 Å². The fraction of sp³-hybridized carbons (Fsp3) is 0.786. The summed E-state index contributed by atoms with van der Waals surface area (Å²) >= 11 is 0. The lowest BCUT2D eigenvalue weighted by Gasteiger charge is -2.32. The Morgan fingerprint density at radius 1 is 1.25 bits per heavy atom. The smallest absolute Gasteiger partial charge is 0.410 e. The Kier molecular flexibility index (Phi) is 5.22. The quantitative estimate of drug-likeness (QED) is 0.628. The van der Waals surface area contributed by atoms with E-state index < -0.39 is 18.1 Å². The fourth-order valence-corrected chi connectivity index (χ4v) is 2.76. The number of carbonyl (C=O) groups is 2. The maximum atomic E-state index is 11.9. The van der Waals surface area contributed by atoms with Gasteiger partial charge in [0.25, 0.3) is 5.91 Å². The lowest BCUT2D eigenvalue weighted by atomic mass is 9.85. The number of hydrogen-bond acceptors (Lipinski definition) is 4. The molecule has 20 heavy (non-hydrogen) atoms. The minimum atomic E-state index is -0.842. The molecule has 0 unspecified atom stereocenters. The predicted molar refractivity (Wildman–Crippen MR) is 71.4 cm³/mol. The average molecular weight is 279 g/mol. The Morgan fingerprint density at radius 2 is 1.95 bits per heavy atom. The predicted octanol–water partition coefficient (Wildman–Crippen LogP) is 1.76. The molecule has 6 nitrogen and oxygen atoms in total. The van der Waals surface area contributed by atoms with Crippen molar-refractivity contribution in [1.29, 1.82) is 5.26 Å². The van der Waals surface area contributed by atoms with Crippen molar-refractivity contribution < 1.29 is 14.3 Å². The highest BCUT2D eigenvalue weighted by molar-refractivity contribution is 5.84. The molecule has 0 bridgehead atoms. The van der Waals surface area contributed by atoms with Gasteiger partial charge in [0.15, 0.2) is 12.3 Å². The van der Waals surface area contributed by atoms with E-state index in [1.54, 1.807) is 11.1 Å². The second-order valence-corrected chi connectivity index (χ2v) is 5.55. The standard InChI is InChI=1S/C14H21N3O3/c15-10-16-13(18)12(9-11-5-2-1-3-6-11)20-14(19)17-7-4-8-17/h11-12H,1-9H2,(H,16,18)/t12-/m0/s1. The van der Waals surface area contributed by atoms with E-state index in [-0.39, 0.29) is 0 Å². The van der Waals surface area contributed by atoms with E-state index in [2.05, 4.69) is 5.32 Å². The van der Waals surface area contributed by atoms with Gasteiger partial charge < -0.3 is 9.64 Å². The summed E-state index contributed by atoms with van der Waals surface area (Å²) in [7, 11) is 0. The molecule has 110 valence electrons. The fourth-order valence-electron chi connectivity index (χ4n) is 2.76. The normalized spacial score (nSPS) is 20.4. The molecule has 0 aromatic rings. The number of nitrogens with zero attached hydrogens (tertiary/aromatic N) is 2. The van der Waals surface area contributed by atoms with Gasteiger partial charge in [0.2, 0.25) is 0 Å². The minimum absolute atomic E-state index is 0.405. The van der Waals surface area contributed by atoms with E-state index in [9.17, 15) is 9.59 Å². The lowest BCUT2D eigenvalue weighted by Crippen LogP contribution is -2.46. The van der Waals surface area contributed by atoms with Crippen LogP contribution in [0.1, 0.15) is 44.9 Å². The van der Waals surface area contributed by atoms with Crippen LogP contribution in [-0.4, -0.2) is 36.1 Å². The van der Waals surface area contributed by atoms with Gasteiger partial charge in [0.05, 0.1) is 0 Å². The summed E-state index contributed by atoms with van der Waals surface area (Å²) in [5.41, 5.74) is 0. The summed E-state index contributed by atoms with van der Waals surface area (Å²) in [5.74, 6) is -0.102. The first kappa shape index (κ1) is 14.6. The molecule has 2 amide bonds. The molecule has 1 aliphatic heterocycles. The van der Waals surface area contributed by atoms with Gasteiger partial charge in [-0.2, -0.15) is 5.26 Å². The molecule has 1 atom stereocenters. The first-order valence-electron chi connectivity index (χ1n) is 7.35. The monoisotopic (exact) mass is 279 g/mol. The molecule has 0 spiro atoms. The number of amides is 2. The number of likely N-dealkylation sites (tertiary alicyclic amines) is 1. The first-order valence-corrected chi connectivity index (χ1v) is 7.35. The van der Waals surface area contributed by atoms with Crippen LogP contribution >= 0.6 is 0 Å². The van der Waals surface area contributed by atoms with E-state index >= 15 is 0 Å². The average Bonchev–Trinajstić information content (AvgIpc) is 2.37. The Labute approximate surface area is 119 Å². The zero-order chi connectivity index (χ0) is 14.4. The van der Waals surface area contributed by atoms with Crippen LogP contribution in [0.4, 0.5) is 4.79 Å². The molecule has 0 radical (unpaired) electrons. The molecule has 1 N–H and O–H groups in total. The van der Waals surface area contributed by atoms with Crippen LogP contribution in [0.25, 0.3) is 0 Å². The number of ether oxygens (including phenoxy) is 1. The number of hydrogen-bond donors (Lipinski definition) is 1. The van der Waals surface area contributed by atoms with E-state index in [0.29, 0.717) is 25.4 Å². The third kappa shape index (κ3) is 3.86. The van der Waals surface area contributed by atoms with Crippen LogP contribution in [0, 0.1) is 17.4 Å². The SMILES string of the molecule is N#CNC(=O)[C@H](CC1CCCCC1)OC(=O)N1CCC1. The van der Waals surface area contributed by atoms with Gasteiger partial charge in [-0.3, -0.25) is 10.1 Å². The Bertz CT molecular complexity index is 395. The van der Waals surface area contributed by atoms with Gasteiger partial charge in [-0.1, -0.05) is 32.1 Å². The van der Waals surface area contributed by atoms with Gasteiger partial charge in [-0.25, -0.2) is 4.79 Å². The van der Waals surface area contributed by atoms with Crippen LogP contribution in [-0.2, 0) is 9.53 Å². The van der Waals surface area contributed by atoms with Crippen molar-refractivity contribution >= 4 is 12.0 Å². The molecule has 2 aliphatic rings. The molecule has 0 aromatic heterocycles. The molecule has 0 aromatic carbocycles. The molecule has 1 heterocycles. The van der Waals surface area contributed by atoms with Gasteiger partial charge in [-0.05, 0) is 18.8 Å². The highest BCUT2D eigenvalue weighted by atomic mass is 16.6. The highest BCUT2D eigenvalue weighted by Gasteiger charge is 2.31. The zero-order valence-corrected chi connectivity index (χ0v) is 11.6. The van der Waals surface area contributed by atoms with Gasteiger partial charge in [-0.15, -0.1) is 0 Å². The number of nitrogens with one attached hydrogen (secondary N) is 1. The Balaban J connectivity index is 1.90. The third-order valence-corrected chi connectivity index (χ3v) is 4.10. The second-order valence-electron chi connectivity index (χ2n) is 5.55. The first-order chi connectivity index (χ1) is 9.70. The molecular weight excluding hydrogens is 258 g/mol. The number of carbonyl (C=O) groups excluding carboxylic acids is 2. The molecule has 2 fully saturated rings. The molecule has 6 heteroatoms. The van der Waals surface area contributed by atoms with Gasteiger partial charge >= 0.3 is 6.09 Å². The van der Waals surface area contributed by atoms with Crippen LogP contribution in [0.15, 0.2) is 0 Å². The minimum Gasteiger partial charge on any atom is -0.436 e. The molecule has 1 saturated heterocycles. The largest absolute Gasteiger partial charge is 0.436 e. The van der Waals surface area contributed by atoms with Crippen LogP contribution in [0.5, 0.6) is 0 Å². The topological polar surface area (TPSA) is 82.4 Å². The highest BCUT2D eigenvalue weighted by Crippen LogP contribution is 2.28. The van der Waals surface area contributed by atoms with E-state index in [0.717, 1.165) is 32.1 Å². The van der Waals surface area contributed by atoms with Gasteiger partial charge in [0.1, 0.15) is 0 Å². The summed E-state index contributed by atoms with van der Waals surface area (Å²) < 4.78 is 5.30. The summed E-state index contributed by atoms with van der Waals surface area (Å²) in [6.45, 7) is 1.38. The number of rotatable bonds is 4. The lowest BCUT2D eigenvalue weighted by molar-refractivity contribution is -0.130. The Morgan fingerprint density at radius 3 is 2.50 bits per heavy atom. The maximum Gasteiger partial charge on any atom is 0.410 e. The zero-order valence-electron chi connectivity index (χ0n) is 11.6. The van der Waals surface area contributed by atoms with Crippen molar-refractivity contribution in [2.24, 2.45) is 5.92 Å². The van der Waals surface area contributed by atoms with Crippen molar-refractivity contribution in [3.05, 3.63) is 0 Å². The molecule has 1 aliphatic carbocycles.